The smallest absolute Gasteiger partial charge is 0.267 e. The van der Waals surface area contributed by atoms with Crippen LogP contribution < -0.4 is 4.74 Å². The van der Waals surface area contributed by atoms with Crippen molar-refractivity contribution in [3.63, 3.8) is 0 Å². The fourth-order valence-electron chi connectivity index (χ4n) is 2.37. The number of aromatic hydroxyl groups is 1. The summed E-state index contributed by atoms with van der Waals surface area (Å²) < 4.78 is 28.7. The van der Waals surface area contributed by atoms with E-state index in [1.807, 2.05) is 0 Å². The zero-order valence-electron chi connectivity index (χ0n) is 15.9. The maximum atomic E-state index is 11.9. The molecule has 7 heteroatoms. The quantitative estimate of drug-likeness (QED) is 0.754. The summed E-state index contributed by atoms with van der Waals surface area (Å²) >= 11 is 0. The summed E-state index contributed by atoms with van der Waals surface area (Å²) in [6.07, 6.45) is 0.925. The number of carbonyl (C=O) groups excluding carboxylic acids is 1. The highest BCUT2D eigenvalue weighted by molar-refractivity contribution is 5.51. The third-order valence-electron chi connectivity index (χ3n) is 3.93. The van der Waals surface area contributed by atoms with Gasteiger partial charge in [-0.15, -0.1) is 0 Å². The molecule has 1 aliphatic heterocycles. The molecule has 0 amide bonds. The number of phenolic OH excluding ortho intramolecular Hbond substituents is 1. The number of aliphatic hydroxyl groups is 1. The lowest BCUT2D eigenvalue weighted by molar-refractivity contribution is -0.109. The number of hydrogen-bond acceptors (Lipinski definition) is 5. The van der Waals surface area contributed by atoms with Gasteiger partial charge in [-0.3, -0.25) is 4.79 Å². The maximum absolute atomic E-state index is 11.9. The van der Waals surface area contributed by atoms with Gasteiger partial charge in [0.15, 0.2) is 6.29 Å². The second kappa shape index (κ2) is 13.6. The first-order valence-corrected chi connectivity index (χ1v) is 8.98. The van der Waals surface area contributed by atoms with Crippen LogP contribution >= 0.6 is 0 Å². The Morgan fingerprint density at radius 2 is 1.71 bits per heavy atom. The Bertz CT molecular complexity index is 674. The number of benzene rings is 2. The highest BCUT2D eigenvalue weighted by Crippen LogP contribution is 2.26. The molecule has 154 valence electrons. The van der Waals surface area contributed by atoms with Crippen LogP contribution in [0.2, 0.25) is 0 Å². The highest BCUT2D eigenvalue weighted by Gasteiger charge is 2.09. The van der Waals surface area contributed by atoms with Crippen molar-refractivity contribution < 1.29 is 28.5 Å². The first kappa shape index (κ1) is 23.5. The minimum absolute atomic E-state index is 0.0218. The van der Waals surface area contributed by atoms with Crippen molar-refractivity contribution in [1.29, 1.82) is 0 Å². The Morgan fingerprint density at radius 3 is 2.11 bits per heavy atom. The van der Waals surface area contributed by atoms with E-state index in [-0.39, 0.29) is 24.5 Å². The summed E-state index contributed by atoms with van der Waals surface area (Å²) in [5.74, 6) is 0.289. The number of ether oxygens (including phenoxy) is 1. The molecule has 2 aromatic carbocycles. The van der Waals surface area contributed by atoms with Crippen LogP contribution in [-0.4, -0.2) is 48.1 Å². The Balaban J connectivity index is 0.000000221. The number of likely N-dealkylation sites (tertiary alicyclic amines) is 1. The normalized spacial score (nSPS) is 13.2. The predicted molar refractivity (Wildman–Crippen MR) is 104 cm³/mol. The number of hydrogen-bond donors (Lipinski definition) is 2. The van der Waals surface area contributed by atoms with Crippen LogP contribution in [0.4, 0.5) is 8.78 Å². The van der Waals surface area contributed by atoms with Gasteiger partial charge in [-0.05, 0) is 62.8 Å². The maximum Gasteiger partial charge on any atom is 0.267 e. The lowest BCUT2D eigenvalue weighted by atomic mass is 10.2. The van der Waals surface area contributed by atoms with Crippen molar-refractivity contribution in [3.05, 3.63) is 59.7 Å². The van der Waals surface area contributed by atoms with Crippen LogP contribution in [0, 0.1) is 0 Å². The van der Waals surface area contributed by atoms with E-state index in [9.17, 15) is 13.6 Å². The molecule has 0 spiro atoms. The summed E-state index contributed by atoms with van der Waals surface area (Å²) in [5.41, 5.74) is 0.510. The third kappa shape index (κ3) is 9.43. The van der Waals surface area contributed by atoms with Crippen molar-refractivity contribution in [1.82, 2.24) is 4.90 Å². The van der Waals surface area contributed by atoms with Gasteiger partial charge in [0.1, 0.15) is 18.1 Å². The van der Waals surface area contributed by atoms with Crippen molar-refractivity contribution in [2.75, 3.05) is 26.7 Å². The number of nitrogens with zero attached hydrogens (tertiary/aromatic N) is 1. The number of halogens is 2. The van der Waals surface area contributed by atoms with E-state index < -0.39 is 6.43 Å². The van der Waals surface area contributed by atoms with Gasteiger partial charge in [0, 0.05) is 0 Å². The zero-order chi connectivity index (χ0) is 20.8. The Labute approximate surface area is 164 Å². The van der Waals surface area contributed by atoms with Crippen LogP contribution in [0.25, 0.3) is 0 Å². The molecule has 0 atom stereocenters. The minimum Gasteiger partial charge on any atom is -0.507 e. The van der Waals surface area contributed by atoms with Crippen molar-refractivity contribution in [2.24, 2.45) is 0 Å². The van der Waals surface area contributed by atoms with Gasteiger partial charge >= 0.3 is 0 Å². The first-order valence-electron chi connectivity index (χ1n) is 8.98. The average Bonchev–Trinajstić information content (AvgIpc) is 3.19. The lowest BCUT2D eigenvalue weighted by Crippen LogP contribution is -2.10. The zero-order valence-corrected chi connectivity index (χ0v) is 15.9. The van der Waals surface area contributed by atoms with Crippen LogP contribution in [0.5, 0.6) is 11.5 Å². The third-order valence-corrected chi connectivity index (χ3v) is 3.93. The second-order valence-electron chi connectivity index (χ2n) is 6.15. The standard InChI is InChI=1S/C9H10O3.C7H6F2O.C5H11N/c10-5-6-12-9-3-1-8(7-11)2-4-9;8-7(9)5-3-1-2-4-6(5)10;1-6-4-2-3-5-6/h1-5,11H,6-7H2;1-4,7,10H;2-5H2,1H3. The number of alkyl halides is 2. The van der Waals surface area contributed by atoms with Crippen LogP contribution in [-0.2, 0) is 11.4 Å². The van der Waals surface area contributed by atoms with Gasteiger partial charge in [-0.25, -0.2) is 8.78 Å². The largest absolute Gasteiger partial charge is 0.507 e. The monoisotopic (exact) mass is 395 g/mol. The van der Waals surface area contributed by atoms with E-state index in [0.29, 0.717) is 12.0 Å². The molecular formula is C21H27F2NO4. The average molecular weight is 395 g/mol. The molecule has 0 aliphatic carbocycles. The molecule has 0 bridgehead atoms. The van der Waals surface area contributed by atoms with E-state index >= 15 is 0 Å². The number of rotatable bonds is 5. The molecule has 0 saturated carbocycles. The van der Waals surface area contributed by atoms with Crippen molar-refractivity contribution in [3.8, 4) is 11.5 Å². The Morgan fingerprint density at radius 1 is 1.11 bits per heavy atom. The molecule has 1 saturated heterocycles. The van der Waals surface area contributed by atoms with E-state index in [1.54, 1.807) is 24.3 Å². The molecule has 2 aromatic rings. The van der Waals surface area contributed by atoms with Gasteiger partial charge in [0.05, 0.1) is 12.2 Å². The molecule has 3 rings (SSSR count). The second-order valence-corrected chi connectivity index (χ2v) is 6.15. The van der Waals surface area contributed by atoms with E-state index in [4.69, 9.17) is 14.9 Å². The molecule has 2 N–H and O–H groups in total. The van der Waals surface area contributed by atoms with Crippen LogP contribution in [0.15, 0.2) is 48.5 Å². The number of aldehydes is 1. The van der Waals surface area contributed by atoms with Gasteiger partial charge < -0.3 is 19.8 Å². The predicted octanol–water partition coefficient (Wildman–Crippen LogP) is 3.80. The van der Waals surface area contributed by atoms with E-state index in [0.717, 1.165) is 5.56 Å². The molecule has 1 fully saturated rings. The number of carbonyl (C=O) groups is 1. The summed E-state index contributed by atoms with van der Waals surface area (Å²) in [7, 11) is 2.17. The fraction of sp³-hybridized carbons (Fsp3) is 0.381. The van der Waals surface area contributed by atoms with E-state index in [1.165, 1.54) is 50.2 Å². The highest BCUT2D eigenvalue weighted by atomic mass is 19.3. The topological polar surface area (TPSA) is 70.0 Å². The Hall–Kier alpha value is -2.51. The molecule has 28 heavy (non-hydrogen) atoms. The number of para-hydroxylation sites is 1. The van der Waals surface area contributed by atoms with Crippen molar-refractivity contribution in [2.45, 2.75) is 25.9 Å². The summed E-state index contributed by atoms with van der Waals surface area (Å²) in [6.45, 7) is 2.73. The fourth-order valence-corrected chi connectivity index (χ4v) is 2.37. The molecule has 1 heterocycles. The summed E-state index contributed by atoms with van der Waals surface area (Å²) in [6, 6.07) is 12.3. The molecule has 0 aromatic heterocycles. The number of phenols is 1. The van der Waals surface area contributed by atoms with Crippen LogP contribution in [0.3, 0.4) is 0 Å². The molecule has 5 nitrogen and oxygen atoms in total. The number of aliphatic hydroxyl groups excluding tert-OH is 1. The van der Waals surface area contributed by atoms with Gasteiger partial charge in [-0.2, -0.15) is 0 Å². The first-order chi connectivity index (χ1) is 13.5. The lowest BCUT2D eigenvalue weighted by Gasteiger charge is -2.01. The molecule has 1 aliphatic rings. The van der Waals surface area contributed by atoms with Gasteiger partial charge in [0.25, 0.3) is 6.43 Å². The van der Waals surface area contributed by atoms with E-state index in [2.05, 4.69) is 11.9 Å². The molecule has 0 unspecified atom stereocenters. The van der Waals surface area contributed by atoms with Crippen LogP contribution in [0.1, 0.15) is 30.4 Å². The molecular weight excluding hydrogens is 368 g/mol. The van der Waals surface area contributed by atoms with Gasteiger partial charge in [-0.1, -0.05) is 24.3 Å². The molecule has 0 radical (unpaired) electrons. The SMILES string of the molecule is CN1CCCC1.O=CCOc1ccc(CO)cc1.Oc1ccccc1C(F)F. The Kier molecular flexibility index (Phi) is 11.5. The summed E-state index contributed by atoms with van der Waals surface area (Å²) in [4.78, 5) is 12.3. The van der Waals surface area contributed by atoms with Crippen molar-refractivity contribution >= 4 is 6.29 Å². The minimum atomic E-state index is -2.60. The summed E-state index contributed by atoms with van der Waals surface area (Å²) in [5, 5.41) is 17.5. The van der Waals surface area contributed by atoms with Gasteiger partial charge in [0.2, 0.25) is 0 Å².